The summed E-state index contributed by atoms with van der Waals surface area (Å²) in [5, 5.41) is 7.52. The second-order valence-electron chi connectivity index (χ2n) is 5.15. The van der Waals surface area contributed by atoms with Crippen molar-refractivity contribution < 1.29 is 0 Å². The Morgan fingerprint density at radius 2 is 2.10 bits per heavy atom. The van der Waals surface area contributed by atoms with E-state index in [1.807, 2.05) is 31.2 Å². The van der Waals surface area contributed by atoms with Crippen molar-refractivity contribution in [3.8, 4) is 11.1 Å². The van der Waals surface area contributed by atoms with E-state index in [0.29, 0.717) is 11.4 Å². The number of hydrogen-bond donors (Lipinski definition) is 3. The van der Waals surface area contributed by atoms with Gasteiger partial charge in [-0.1, -0.05) is 25.1 Å². The van der Waals surface area contributed by atoms with Gasteiger partial charge >= 0.3 is 0 Å². The molecule has 4 heteroatoms. The number of anilines is 1. The minimum absolute atomic E-state index is 0.362. The third-order valence-electron chi connectivity index (χ3n) is 3.73. The van der Waals surface area contributed by atoms with Crippen molar-refractivity contribution in [2.24, 2.45) is 5.73 Å². The van der Waals surface area contributed by atoms with E-state index in [4.69, 9.17) is 16.9 Å². The van der Waals surface area contributed by atoms with Crippen LogP contribution in [0.5, 0.6) is 0 Å². The molecular weight excluding hydrogens is 248 g/mol. The van der Waals surface area contributed by atoms with E-state index in [-0.39, 0.29) is 5.54 Å². The summed E-state index contributed by atoms with van der Waals surface area (Å²) in [5.74, 6) is 0.369. The van der Waals surface area contributed by atoms with Crippen molar-refractivity contribution in [1.29, 1.82) is 5.41 Å². The summed E-state index contributed by atoms with van der Waals surface area (Å²) in [6.07, 6.45) is 3.75. The van der Waals surface area contributed by atoms with Crippen LogP contribution in [0.2, 0.25) is 0 Å². The highest BCUT2D eigenvalue weighted by Crippen LogP contribution is 2.29. The van der Waals surface area contributed by atoms with Crippen LogP contribution in [0.15, 0.2) is 36.5 Å². The first-order valence-corrected chi connectivity index (χ1v) is 6.64. The first kappa shape index (κ1) is 14.2. The predicted octanol–water partition coefficient (Wildman–Crippen LogP) is 2.91. The summed E-state index contributed by atoms with van der Waals surface area (Å²) >= 11 is 0. The van der Waals surface area contributed by atoms with Gasteiger partial charge in [-0.25, -0.2) is 4.98 Å². The van der Waals surface area contributed by atoms with Gasteiger partial charge in [0.15, 0.2) is 0 Å². The average molecular weight is 268 g/mol. The summed E-state index contributed by atoms with van der Waals surface area (Å²) < 4.78 is 0. The van der Waals surface area contributed by atoms with Crippen LogP contribution in [0.4, 0.5) is 5.82 Å². The lowest BCUT2D eigenvalue weighted by Crippen LogP contribution is -2.31. The minimum atomic E-state index is -0.362. The molecule has 0 saturated carbocycles. The largest absolute Gasteiger partial charge is 0.383 e. The lowest BCUT2D eigenvalue weighted by molar-refractivity contribution is 0.476. The molecule has 1 aromatic heterocycles. The van der Waals surface area contributed by atoms with Gasteiger partial charge < -0.3 is 16.9 Å². The van der Waals surface area contributed by atoms with Gasteiger partial charge in [-0.2, -0.15) is 0 Å². The molecular formula is C16H20N4. The molecule has 5 N–H and O–H groups in total. The van der Waals surface area contributed by atoms with Crippen LogP contribution >= 0.6 is 0 Å². The molecule has 20 heavy (non-hydrogen) atoms. The summed E-state index contributed by atoms with van der Waals surface area (Å²) in [4.78, 5) is 4.03. The Bertz CT molecular complexity index is 632. The fraction of sp³-hybridized carbons (Fsp3) is 0.250. The molecule has 1 atom stereocenters. The molecule has 2 rings (SSSR count). The highest BCUT2D eigenvalue weighted by atomic mass is 14.8. The van der Waals surface area contributed by atoms with E-state index in [0.717, 1.165) is 23.1 Å². The summed E-state index contributed by atoms with van der Waals surface area (Å²) in [5.41, 5.74) is 15.4. The van der Waals surface area contributed by atoms with Crippen LogP contribution in [-0.4, -0.2) is 11.2 Å². The number of nitrogens with two attached hydrogens (primary N) is 2. The quantitative estimate of drug-likeness (QED) is 0.745. The molecule has 104 valence electrons. The fourth-order valence-electron chi connectivity index (χ4n) is 2.14. The maximum absolute atomic E-state index is 7.52. The molecule has 1 unspecified atom stereocenters. The molecule has 4 nitrogen and oxygen atoms in total. The second kappa shape index (κ2) is 5.43. The third kappa shape index (κ3) is 2.56. The van der Waals surface area contributed by atoms with Gasteiger partial charge in [0.2, 0.25) is 0 Å². The molecule has 0 fully saturated rings. The van der Waals surface area contributed by atoms with E-state index in [1.54, 1.807) is 6.20 Å². The monoisotopic (exact) mass is 268 g/mol. The lowest BCUT2D eigenvalue weighted by Gasteiger charge is -2.24. The third-order valence-corrected chi connectivity index (χ3v) is 3.73. The van der Waals surface area contributed by atoms with Crippen LogP contribution in [0.25, 0.3) is 11.1 Å². The van der Waals surface area contributed by atoms with Crippen molar-refractivity contribution in [2.75, 3.05) is 5.73 Å². The number of aromatic nitrogens is 1. The molecule has 0 aliphatic heterocycles. The zero-order valence-electron chi connectivity index (χ0n) is 11.9. The second-order valence-corrected chi connectivity index (χ2v) is 5.15. The van der Waals surface area contributed by atoms with E-state index >= 15 is 0 Å². The fourth-order valence-corrected chi connectivity index (χ4v) is 2.14. The highest BCUT2D eigenvalue weighted by molar-refractivity contribution is 5.93. The van der Waals surface area contributed by atoms with Crippen LogP contribution in [0, 0.1) is 5.41 Å². The topological polar surface area (TPSA) is 88.8 Å². The first-order valence-electron chi connectivity index (χ1n) is 6.64. The molecule has 0 amide bonds. The van der Waals surface area contributed by atoms with Gasteiger partial charge in [-0.3, -0.25) is 0 Å². The Labute approximate surface area is 119 Å². The van der Waals surface area contributed by atoms with Gasteiger partial charge in [0, 0.05) is 23.5 Å². The number of benzene rings is 1. The van der Waals surface area contributed by atoms with Crippen molar-refractivity contribution in [3.63, 3.8) is 0 Å². The van der Waals surface area contributed by atoms with Crippen LogP contribution in [0.3, 0.4) is 0 Å². The van der Waals surface area contributed by atoms with Crippen molar-refractivity contribution in [3.05, 3.63) is 47.7 Å². The smallest absolute Gasteiger partial charge is 0.132 e. The Hall–Kier alpha value is -2.20. The highest BCUT2D eigenvalue weighted by Gasteiger charge is 2.19. The summed E-state index contributed by atoms with van der Waals surface area (Å²) in [7, 11) is 0. The van der Waals surface area contributed by atoms with Gasteiger partial charge in [-0.15, -0.1) is 0 Å². The van der Waals surface area contributed by atoms with Crippen LogP contribution < -0.4 is 11.5 Å². The van der Waals surface area contributed by atoms with E-state index in [2.05, 4.69) is 18.0 Å². The summed E-state index contributed by atoms with van der Waals surface area (Å²) in [6.45, 7) is 4.09. The number of nitrogens with zero attached hydrogens (tertiary/aromatic N) is 1. The van der Waals surface area contributed by atoms with Crippen molar-refractivity contribution in [2.45, 2.75) is 25.8 Å². The van der Waals surface area contributed by atoms with Crippen LogP contribution in [0.1, 0.15) is 31.4 Å². The Morgan fingerprint density at radius 3 is 2.75 bits per heavy atom. The van der Waals surface area contributed by atoms with Gasteiger partial charge in [0.05, 0.1) is 0 Å². The zero-order valence-corrected chi connectivity index (χ0v) is 11.9. The van der Waals surface area contributed by atoms with Gasteiger partial charge in [0.25, 0.3) is 0 Å². The SMILES string of the molecule is CCC(C)(N)c1cccc(-c2ccnc(N)c2C=N)c1. The Kier molecular flexibility index (Phi) is 3.86. The number of nitrogen functional groups attached to an aromatic ring is 1. The number of pyridine rings is 1. The Balaban J connectivity index is 2.58. The molecule has 1 heterocycles. The molecule has 0 radical (unpaired) electrons. The molecule has 0 bridgehead atoms. The van der Waals surface area contributed by atoms with E-state index < -0.39 is 0 Å². The molecule has 0 aliphatic carbocycles. The minimum Gasteiger partial charge on any atom is -0.383 e. The van der Waals surface area contributed by atoms with E-state index in [1.165, 1.54) is 6.21 Å². The maximum atomic E-state index is 7.52. The van der Waals surface area contributed by atoms with E-state index in [9.17, 15) is 0 Å². The van der Waals surface area contributed by atoms with Crippen molar-refractivity contribution >= 4 is 12.0 Å². The van der Waals surface area contributed by atoms with Crippen LogP contribution in [-0.2, 0) is 5.54 Å². The average Bonchev–Trinajstić information content (AvgIpc) is 2.47. The predicted molar refractivity (Wildman–Crippen MR) is 83.8 cm³/mol. The number of hydrogen-bond acceptors (Lipinski definition) is 4. The normalized spacial score (nSPS) is 13.8. The number of rotatable bonds is 4. The zero-order chi connectivity index (χ0) is 14.8. The molecule has 0 saturated heterocycles. The lowest BCUT2D eigenvalue weighted by atomic mass is 9.88. The molecule has 1 aromatic carbocycles. The Morgan fingerprint density at radius 1 is 1.35 bits per heavy atom. The molecule has 2 aromatic rings. The number of nitrogens with one attached hydrogen (secondary N) is 1. The first-order chi connectivity index (χ1) is 9.49. The molecule has 0 spiro atoms. The van der Waals surface area contributed by atoms with Gasteiger partial charge in [0.1, 0.15) is 5.82 Å². The standard InChI is InChI=1S/C16H20N4/c1-3-16(2,19)12-6-4-5-11(9-12)13-7-8-20-15(18)14(13)10-17/h4-10,17H,3,19H2,1-2H3,(H2,18,20). The van der Waals surface area contributed by atoms with Gasteiger partial charge in [-0.05, 0) is 42.2 Å². The van der Waals surface area contributed by atoms with Crippen molar-refractivity contribution in [1.82, 2.24) is 4.98 Å². The molecule has 0 aliphatic rings. The summed E-state index contributed by atoms with van der Waals surface area (Å²) in [6, 6.07) is 9.94. The maximum Gasteiger partial charge on any atom is 0.132 e.